The van der Waals surface area contributed by atoms with Crippen molar-refractivity contribution in [3.8, 4) is 0 Å². The van der Waals surface area contributed by atoms with Crippen molar-refractivity contribution in [2.45, 2.75) is 45.2 Å². The molecule has 1 fully saturated rings. The number of fused-ring (bicyclic) bond motifs is 1. The number of hydrogen-bond donors (Lipinski definition) is 0. The third-order valence-electron chi connectivity index (χ3n) is 4.93. The van der Waals surface area contributed by atoms with E-state index in [-0.39, 0.29) is 24.6 Å². The van der Waals surface area contributed by atoms with Crippen molar-refractivity contribution < 1.29 is 14.3 Å². The van der Waals surface area contributed by atoms with E-state index in [1.807, 2.05) is 40.8 Å². The Balaban J connectivity index is 1.70. The van der Waals surface area contributed by atoms with Crippen LogP contribution in [0.5, 0.6) is 0 Å². The van der Waals surface area contributed by atoms with Crippen LogP contribution in [0.4, 0.5) is 0 Å². The summed E-state index contributed by atoms with van der Waals surface area (Å²) in [5.74, 6) is -0.555. The van der Waals surface area contributed by atoms with Gasteiger partial charge in [-0.25, -0.2) is 4.79 Å². The molecule has 0 saturated carbocycles. The number of carbonyl (C=O) groups excluding carboxylic acids is 2. The Hall–Kier alpha value is -2.30. The van der Waals surface area contributed by atoms with Crippen LogP contribution in [0.3, 0.4) is 0 Å². The smallest absolute Gasteiger partial charge is 0.340 e. The maximum Gasteiger partial charge on any atom is 0.340 e. The molecule has 1 aromatic heterocycles. The fraction of sp³-hybridized carbons (Fsp3) is 0.474. The van der Waals surface area contributed by atoms with Crippen LogP contribution in [0.2, 0.25) is 0 Å². The SMILES string of the molecule is C[C@@H]1CCC[C@@H](C)N1C(=O)COC(=O)c1cn(C)c2ccccc12. The minimum absolute atomic E-state index is 0.108. The summed E-state index contributed by atoms with van der Waals surface area (Å²) in [4.78, 5) is 26.7. The first kappa shape index (κ1) is 16.6. The molecule has 0 aliphatic carbocycles. The summed E-state index contributed by atoms with van der Waals surface area (Å²) in [5.41, 5.74) is 1.47. The normalized spacial score (nSPS) is 21.0. The highest BCUT2D eigenvalue weighted by molar-refractivity contribution is 6.04. The number of aromatic nitrogens is 1. The average molecular weight is 328 g/mol. The van der Waals surface area contributed by atoms with Gasteiger partial charge < -0.3 is 14.2 Å². The largest absolute Gasteiger partial charge is 0.452 e. The fourth-order valence-corrected chi connectivity index (χ4v) is 3.70. The lowest BCUT2D eigenvalue weighted by Gasteiger charge is -2.38. The second kappa shape index (κ2) is 6.67. The van der Waals surface area contributed by atoms with Crippen LogP contribution >= 0.6 is 0 Å². The van der Waals surface area contributed by atoms with E-state index in [9.17, 15) is 9.59 Å². The van der Waals surface area contributed by atoms with Crippen molar-refractivity contribution in [2.24, 2.45) is 7.05 Å². The molecule has 0 radical (unpaired) electrons. The summed E-state index contributed by atoms with van der Waals surface area (Å²) < 4.78 is 7.21. The van der Waals surface area contributed by atoms with Gasteiger partial charge in [0.15, 0.2) is 6.61 Å². The third kappa shape index (κ3) is 3.03. The molecule has 2 atom stereocenters. The second-order valence-electron chi connectivity index (χ2n) is 6.68. The number of para-hydroxylation sites is 1. The summed E-state index contributed by atoms with van der Waals surface area (Å²) in [6.07, 6.45) is 4.91. The lowest BCUT2D eigenvalue weighted by molar-refractivity contribution is -0.140. The molecule has 5 nitrogen and oxygen atoms in total. The van der Waals surface area contributed by atoms with Crippen molar-refractivity contribution in [1.82, 2.24) is 9.47 Å². The molecular weight excluding hydrogens is 304 g/mol. The van der Waals surface area contributed by atoms with E-state index in [0.29, 0.717) is 5.56 Å². The number of amides is 1. The molecule has 3 rings (SSSR count). The predicted molar refractivity (Wildman–Crippen MR) is 92.8 cm³/mol. The Morgan fingerprint density at radius 2 is 1.83 bits per heavy atom. The van der Waals surface area contributed by atoms with Crippen molar-refractivity contribution in [3.63, 3.8) is 0 Å². The van der Waals surface area contributed by atoms with Gasteiger partial charge in [0, 0.05) is 36.2 Å². The van der Waals surface area contributed by atoms with Gasteiger partial charge in [-0.05, 0) is 39.2 Å². The van der Waals surface area contributed by atoms with Gasteiger partial charge in [-0.15, -0.1) is 0 Å². The van der Waals surface area contributed by atoms with Gasteiger partial charge in [0.2, 0.25) is 0 Å². The fourth-order valence-electron chi connectivity index (χ4n) is 3.70. The molecule has 0 bridgehead atoms. The molecule has 0 unspecified atom stereocenters. The first-order valence-corrected chi connectivity index (χ1v) is 8.51. The van der Waals surface area contributed by atoms with E-state index >= 15 is 0 Å². The lowest BCUT2D eigenvalue weighted by atomic mass is 9.97. The molecular formula is C19H24N2O3. The molecule has 1 aliphatic rings. The van der Waals surface area contributed by atoms with Gasteiger partial charge in [0.1, 0.15) is 0 Å². The predicted octanol–water partition coefficient (Wildman–Crippen LogP) is 3.12. The molecule has 1 saturated heterocycles. The zero-order chi connectivity index (χ0) is 17.3. The number of rotatable bonds is 3. The number of esters is 1. The highest BCUT2D eigenvalue weighted by Gasteiger charge is 2.29. The third-order valence-corrected chi connectivity index (χ3v) is 4.93. The molecule has 2 aromatic rings. The zero-order valence-corrected chi connectivity index (χ0v) is 14.5. The minimum Gasteiger partial charge on any atom is -0.452 e. The van der Waals surface area contributed by atoms with Crippen molar-refractivity contribution in [1.29, 1.82) is 0 Å². The van der Waals surface area contributed by atoms with Crippen LogP contribution < -0.4 is 0 Å². The number of benzene rings is 1. The van der Waals surface area contributed by atoms with Gasteiger partial charge >= 0.3 is 5.97 Å². The number of carbonyl (C=O) groups is 2. The summed E-state index contributed by atoms with van der Waals surface area (Å²) in [6.45, 7) is 3.91. The summed E-state index contributed by atoms with van der Waals surface area (Å²) >= 11 is 0. The Bertz CT molecular complexity index is 755. The first-order chi connectivity index (χ1) is 11.5. The molecule has 5 heteroatoms. The summed E-state index contributed by atoms with van der Waals surface area (Å²) in [7, 11) is 1.89. The van der Waals surface area contributed by atoms with Crippen molar-refractivity contribution >= 4 is 22.8 Å². The van der Waals surface area contributed by atoms with Gasteiger partial charge in [0.05, 0.1) is 5.56 Å². The minimum atomic E-state index is -0.447. The first-order valence-electron chi connectivity index (χ1n) is 8.51. The van der Waals surface area contributed by atoms with E-state index < -0.39 is 5.97 Å². The summed E-state index contributed by atoms with van der Waals surface area (Å²) in [6, 6.07) is 8.08. The number of likely N-dealkylation sites (tertiary alicyclic amines) is 1. The topological polar surface area (TPSA) is 51.5 Å². The standard InChI is InChI=1S/C19H24N2O3/c1-13-7-6-8-14(2)21(13)18(22)12-24-19(23)16-11-20(3)17-10-5-4-9-15(16)17/h4-5,9-11,13-14H,6-8,12H2,1-3H3/t13-,14-/m1/s1. The number of hydrogen-bond acceptors (Lipinski definition) is 3. The van der Waals surface area contributed by atoms with E-state index in [4.69, 9.17) is 4.74 Å². The number of piperidine rings is 1. The van der Waals surface area contributed by atoms with Gasteiger partial charge in [-0.2, -0.15) is 0 Å². The maximum atomic E-state index is 12.5. The quantitative estimate of drug-likeness (QED) is 0.814. The number of aryl methyl sites for hydroxylation is 1. The van der Waals surface area contributed by atoms with E-state index in [1.54, 1.807) is 6.20 Å². The Morgan fingerprint density at radius 3 is 2.54 bits per heavy atom. The van der Waals surface area contributed by atoms with Crippen molar-refractivity contribution in [3.05, 3.63) is 36.0 Å². The molecule has 0 spiro atoms. The van der Waals surface area contributed by atoms with Gasteiger partial charge in [-0.3, -0.25) is 4.79 Å². The molecule has 1 aliphatic heterocycles. The van der Waals surface area contributed by atoms with Gasteiger partial charge in [0.25, 0.3) is 5.91 Å². The Labute approximate surface area is 142 Å². The monoisotopic (exact) mass is 328 g/mol. The molecule has 1 amide bonds. The number of ether oxygens (including phenoxy) is 1. The van der Waals surface area contributed by atoms with Crippen LogP contribution in [-0.4, -0.2) is 40.0 Å². The van der Waals surface area contributed by atoms with Crippen LogP contribution in [0.15, 0.2) is 30.5 Å². The Kier molecular flexibility index (Phi) is 4.60. The van der Waals surface area contributed by atoms with E-state index in [2.05, 4.69) is 13.8 Å². The highest BCUT2D eigenvalue weighted by Crippen LogP contribution is 2.23. The van der Waals surface area contributed by atoms with Crippen LogP contribution in [0.25, 0.3) is 10.9 Å². The second-order valence-corrected chi connectivity index (χ2v) is 6.68. The Morgan fingerprint density at radius 1 is 1.17 bits per heavy atom. The molecule has 0 N–H and O–H groups in total. The van der Waals surface area contributed by atoms with Crippen LogP contribution in [-0.2, 0) is 16.6 Å². The van der Waals surface area contributed by atoms with E-state index in [0.717, 1.165) is 30.2 Å². The molecule has 24 heavy (non-hydrogen) atoms. The van der Waals surface area contributed by atoms with Crippen LogP contribution in [0, 0.1) is 0 Å². The van der Waals surface area contributed by atoms with Crippen molar-refractivity contribution in [2.75, 3.05) is 6.61 Å². The maximum absolute atomic E-state index is 12.5. The van der Waals surface area contributed by atoms with E-state index in [1.165, 1.54) is 0 Å². The molecule has 128 valence electrons. The van der Waals surface area contributed by atoms with Gasteiger partial charge in [-0.1, -0.05) is 18.2 Å². The lowest BCUT2D eigenvalue weighted by Crippen LogP contribution is -2.49. The van der Waals surface area contributed by atoms with Crippen LogP contribution in [0.1, 0.15) is 43.5 Å². The summed E-state index contributed by atoms with van der Waals surface area (Å²) in [5, 5.41) is 0.845. The average Bonchev–Trinajstić information content (AvgIpc) is 2.90. The molecule has 1 aromatic carbocycles. The zero-order valence-electron chi connectivity index (χ0n) is 14.5. The highest BCUT2D eigenvalue weighted by atomic mass is 16.5. The molecule has 2 heterocycles. The number of nitrogens with zero attached hydrogens (tertiary/aromatic N) is 2.